The molecule has 34 heavy (non-hydrogen) atoms. The van der Waals surface area contributed by atoms with Crippen LogP contribution in [0.4, 0.5) is 5.69 Å². The van der Waals surface area contributed by atoms with Crippen molar-refractivity contribution >= 4 is 33.4 Å². The molecule has 0 spiro atoms. The van der Waals surface area contributed by atoms with Crippen molar-refractivity contribution in [2.75, 3.05) is 32.1 Å². The Hall–Kier alpha value is -2.46. The second kappa shape index (κ2) is 10.4. The first-order valence-electron chi connectivity index (χ1n) is 12.0. The highest BCUT2D eigenvalue weighted by Crippen LogP contribution is 2.40. The van der Waals surface area contributed by atoms with E-state index in [1.807, 2.05) is 0 Å². The molecule has 1 aromatic rings. The first kappa shape index (κ1) is 24.7. The van der Waals surface area contributed by atoms with Crippen LogP contribution >= 0.6 is 0 Å². The van der Waals surface area contributed by atoms with E-state index < -0.39 is 28.5 Å². The Kier molecular flexibility index (Phi) is 7.57. The number of rotatable bonds is 7. The standard InChI is InChI=1S/C24H32N2O7S/c1-32-20-9-8-19(14-21(20)34(30,31)26-10-3-2-4-11-26)25-22(27)15-33-24(29)18-12-16-6-5-7-17(13-18)23(16)28/h8-9,14,16-18H,2-7,10-13,15H2,1H3,(H,25,27). The van der Waals surface area contributed by atoms with E-state index in [9.17, 15) is 22.8 Å². The number of methoxy groups -OCH3 is 1. The van der Waals surface area contributed by atoms with E-state index in [0.717, 1.165) is 38.5 Å². The number of ketones is 1. The molecule has 2 saturated carbocycles. The molecule has 9 nitrogen and oxygen atoms in total. The Balaban J connectivity index is 1.37. The summed E-state index contributed by atoms with van der Waals surface area (Å²) in [4.78, 5) is 37.2. The predicted molar refractivity (Wildman–Crippen MR) is 124 cm³/mol. The molecule has 186 valence electrons. The van der Waals surface area contributed by atoms with Crippen LogP contribution in [0.2, 0.25) is 0 Å². The molecule has 1 aliphatic heterocycles. The number of Topliss-reactive ketones (excluding diaryl/α,β-unsaturated/α-hetero) is 1. The van der Waals surface area contributed by atoms with Gasteiger partial charge in [-0.3, -0.25) is 14.4 Å². The van der Waals surface area contributed by atoms with Crippen molar-refractivity contribution in [3.05, 3.63) is 18.2 Å². The molecule has 2 unspecified atom stereocenters. The predicted octanol–water partition coefficient (Wildman–Crippen LogP) is 2.75. The van der Waals surface area contributed by atoms with Gasteiger partial charge in [-0.1, -0.05) is 12.8 Å². The van der Waals surface area contributed by atoms with Crippen molar-refractivity contribution in [3.63, 3.8) is 0 Å². The van der Waals surface area contributed by atoms with Crippen LogP contribution in [0.5, 0.6) is 5.75 Å². The molecule has 0 radical (unpaired) electrons. The summed E-state index contributed by atoms with van der Waals surface area (Å²) in [5.41, 5.74) is 0.273. The Morgan fingerprint density at radius 1 is 1.06 bits per heavy atom. The number of hydrogen-bond donors (Lipinski definition) is 1. The summed E-state index contributed by atoms with van der Waals surface area (Å²) < 4.78 is 38.2. The SMILES string of the molecule is COc1ccc(NC(=O)COC(=O)C2CC3CCCC(C2)C3=O)cc1S(=O)(=O)N1CCCCC1. The fourth-order valence-corrected chi connectivity index (χ4v) is 7.02. The summed E-state index contributed by atoms with van der Waals surface area (Å²) in [5, 5.41) is 2.61. The lowest BCUT2D eigenvalue weighted by molar-refractivity contribution is -0.155. The maximum absolute atomic E-state index is 13.1. The van der Waals surface area contributed by atoms with Crippen LogP contribution in [-0.2, 0) is 29.1 Å². The number of esters is 1. The monoisotopic (exact) mass is 492 g/mol. The normalized spacial score (nSPS) is 25.4. The number of ether oxygens (including phenoxy) is 2. The van der Waals surface area contributed by atoms with Gasteiger partial charge in [-0.05, 0) is 56.7 Å². The first-order valence-corrected chi connectivity index (χ1v) is 13.4. The largest absolute Gasteiger partial charge is 0.495 e. The van der Waals surface area contributed by atoms with Crippen LogP contribution in [0.1, 0.15) is 51.4 Å². The minimum Gasteiger partial charge on any atom is -0.495 e. The van der Waals surface area contributed by atoms with Gasteiger partial charge in [0.15, 0.2) is 6.61 Å². The fraction of sp³-hybridized carbons (Fsp3) is 0.625. The van der Waals surface area contributed by atoms with Gasteiger partial charge in [0.05, 0.1) is 13.0 Å². The number of sulfonamides is 1. The number of benzene rings is 1. The van der Waals surface area contributed by atoms with Gasteiger partial charge in [-0.2, -0.15) is 4.31 Å². The third-order valence-corrected chi connectivity index (χ3v) is 9.03. The maximum atomic E-state index is 13.1. The smallest absolute Gasteiger partial charge is 0.309 e. The van der Waals surface area contributed by atoms with Crippen molar-refractivity contribution in [3.8, 4) is 5.75 Å². The number of carbonyl (C=O) groups excluding carboxylic acids is 3. The van der Waals surface area contributed by atoms with Gasteiger partial charge < -0.3 is 14.8 Å². The molecule has 1 N–H and O–H groups in total. The van der Waals surface area contributed by atoms with Crippen molar-refractivity contribution in [2.45, 2.75) is 56.3 Å². The van der Waals surface area contributed by atoms with Gasteiger partial charge in [0.1, 0.15) is 16.4 Å². The number of piperidine rings is 1. The van der Waals surface area contributed by atoms with Crippen LogP contribution in [0.15, 0.2) is 23.1 Å². The van der Waals surface area contributed by atoms with Crippen LogP contribution < -0.4 is 10.1 Å². The molecule has 1 aromatic carbocycles. The molecular weight excluding hydrogens is 460 g/mol. The Labute approximate surface area is 200 Å². The lowest BCUT2D eigenvalue weighted by Gasteiger charge is -2.36. The lowest BCUT2D eigenvalue weighted by atomic mass is 9.67. The zero-order valence-electron chi connectivity index (χ0n) is 19.5. The topological polar surface area (TPSA) is 119 Å². The van der Waals surface area contributed by atoms with Crippen LogP contribution in [0.25, 0.3) is 0 Å². The molecule has 3 fully saturated rings. The Morgan fingerprint density at radius 2 is 1.74 bits per heavy atom. The molecule has 3 aliphatic rings. The maximum Gasteiger partial charge on any atom is 0.309 e. The summed E-state index contributed by atoms with van der Waals surface area (Å²) in [6.07, 6.45) is 6.25. The molecule has 0 aromatic heterocycles. The highest BCUT2D eigenvalue weighted by molar-refractivity contribution is 7.89. The molecule has 1 heterocycles. The van der Waals surface area contributed by atoms with Gasteiger partial charge in [0.25, 0.3) is 5.91 Å². The summed E-state index contributed by atoms with van der Waals surface area (Å²) in [7, 11) is -2.37. The summed E-state index contributed by atoms with van der Waals surface area (Å²) in [5.74, 6) is -1.05. The van der Waals surface area contributed by atoms with Gasteiger partial charge >= 0.3 is 5.97 Å². The van der Waals surface area contributed by atoms with Crippen molar-refractivity contribution in [1.29, 1.82) is 0 Å². The highest BCUT2D eigenvalue weighted by Gasteiger charge is 2.42. The van der Waals surface area contributed by atoms with E-state index >= 15 is 0 Å². The molecular formula is C24H32N2O7S. The quantitative estimate of drug-likeness (QED) is 0.581. The second-order valence-corrected chi connectivity index (χ2v) is 11.3. The molecule has 1 saturated heterocycles. The van der Waals surface area contributed by atoms with Crippen molar-refractivity contribution in [2.24, 2.45) is 17.8 Å². The highest BCUT2D eigenvalue weighted by atomic mass is 32.2. The summed E-state index contributed by atoms with van der Waals surface area (Å²) in [6, 6.07) is 4.41. The van der Waals surface area contributed by atoms with Crippen LogP contribution in [0.3, 0.4) is 0 Å². The zero-order valence-corrected chi connectivity index (χ0v) is 20.3. The average molecular weight is 493 g/mol. The summed E-state index contributed by atoms with van der Waals surface area (Å²) in [6.45, 7) is 0.428. The third-order valence-electron chi connectivity index (χ3n) is 7.11. The number of carbonyl (C=O) groups is 3. The first-order chi connectivity index (χ1) is 16.3. The van der Waals surface area contributed by atoms with Crippen LogP contribution in [0, 0.1) is 17.8 Å². The van der Waals surface area contributed by atoms with E-state index in [2.05, 4.69) is 5.32 Å². The Morgan fingerprint density at radius 3 is 2.38 bits per heavy atom. The van der Waals surface area contributed by atoms with E-state index in [0.29, 0.717) is 25.9 Å². The number of hydrogen-bond acceptors (Lipinski definition) is 7. The van der Waals surface area contributed by atoms with Gasteiger partial charge in [0, 0.05) is 30.6 Å². The number of amides is 1. The third kappa shape index (κ3) is 5.27. The molecule has 2 bridgehead atoms. The molecule has 2 atom stereocenters. The number of fused-ring (bicyclic) bond motifs is 2. The van der Waals surface area contributed by atoms with E-state index in [1.54, 1.807) is 6.07 Å². The second-order valence-electron chi connectivity index (χ2n) is 9.38. The average Bonchev–Trinajstić information content (AvgIpc) is 2.83. The minimum atomic E-state index is -3.77. The number of nitrogens with one attached hydrogen (secondary N) is 1. The molecule has 4 rings (SSSR count). The zero-order chi connectivity index (χ0) is 24.3. The fourth-order valence-electron chi connectivity index (χ4n) is 5.32. The molecule has 10 heteroatoms. The van der Waals surface area contributed by atoms with E-state index in [1.165, 1.54) is 23.5 Å². The molecule has 1 amide bonds. The number of nitrogens with zero attached hydrogens (tertiary/aromatic N) is 1. The van der Waals surface area contributed by atoms with Crippen LogP contribution in [-0.4, -0.2) is 57.2 Å². The van der Waals surface area contributed by atoms with E-state index in [-0.39, 0.29) is 39.9 Å². The van der Waals surface area contributed by atoms with E-state index in [4.69, 9.17) is 9.47 Å². The Bertz CT molecular complexity index is 1030. The molecule has 2 aliphatic carbocycles. The number of anilines is 1. The van der Waals surface area contributed by atoms with Crippen molar-refractivity contribution in [1.82, 2.24) is 4.31 Å². The minimum absolute atomic E-state index is 0.00916. The van der Waals surface area contributed by atoms with Gasteiger partial charge in [-0.15, -0.1) is 0 Å². The van der Waals surface area contributed by atoms with Gasteiger partial charge in [-0.25, -0.2) is 8.42 Å². The lowest BCUT2D eigenvalue weighted by Crippen LogP contribution is -2.40. The summed E-state index contributed by atoms with van der Waals surface area (Å²) >= 11 is 0. The van der Waals surface area contributed by atoms with Gasteiger partial charge in [0.2, 0.25) is 10.0 Å². The van der Waals surface area contributed by atoms with Crippen molar-refractivity contribution < 1.29 is 32.3 Å².